The minimum absolute atomic E-state index is 0.0222. The number of rotatable bonds is 5. The van der Waals surface area contributed by atoms with Crippen LogP contribution >= 0.6 is 0 Å². The Kier molecular flexibility index (Phi) is 5.46. The summed E-state index contributed by atoms with van der Waals surface area (Å²) in [4.78, 5) is 16.8. The number of aromatic nitrogens is 2. The summed E-state index contributed by atoms with van der Waals surface area (Å²) in [7, 11) is -3.14. The monoisotopic (exact) mass is 342 g/mol. The third-order valence-corrected chi connectivity index (χ3v) is 5.58. The molecule has 0 spiro atoms. The second kappa shape index (κ2) is 7.00. The second-order valence-corrected chi connectivity index (χ2v) is 8.45. The normalized spacial score (nSPS) is 19.0. The topological polar surface area (TPSA) is 84.3 Å². The molecular weight excluding hydrogens is 316 g/mol. The van der Waals surface area contributed by atoms with Crippen molar-refractivity contribution in [3.63, 3.8) is 0 Å². The number of hydrogen-bond donors (Lipinski definition) is 1. The predicted octanol–water partition coefficient (Wildman–Crippen LogP) is 1.11. The Hall–Kier alpha value is -1.41. The number of carbonyl (C=O) groups excluding carboxylic acids is 1. The zero-order valence-corrected chi connectivity index (χ0v) is 15.0. The maximum atomic E-state index is 12.5. The number of piperidine rings is 1. The molecular formula is C15H26N4O3S. The van der Waals surface area contributed by atoms with Crippen molar-refractivity contribution in [3.8, 4) is 0 Å². The van der Waals surface area contributed by atoms with Crippen LogP contribution in [0.3, 0.4) is 0 Å². The molecule has 1 aliphatic heterocycles. The summed E-state index contributed by atoms with van der Waals surface area (Å²) in [6.45, 7) is 6.87. The quantitative estimate of drug-likeness (QED) is 0.869. The van der Waals surface area contributed by atoms with Crippen LogP contribution in [0.1, 0.15) is 51.4 Å². The lowest BCUT2D eigenvalue weighted by atomic mass is 10.1. The van der Waals surface area contributed by atoms with Gasteiger partial charge >= 0.3 is 0 Å². The molecule has 0 aliphatic carbocycles. The van der Waals surface area contributed by atoms with E-state index in [-0.39, 0.29) is 23.9 Å². The third-order valence-electron chi connectivity index (χ3n) is 4.28. The van der Waals surface area contributed by atoms with E-state index >= 15 is 0 Å². The highest BCUT2D eigenvalue weighted by Crippen LogP contribution is 2.18. The molecule has 1 fully saturated rings. The molecule has 0 unspecified atom stereocenters. The van der Waals surface area contributed by atoms with Gasteiger partial charge in [-0.25, -0.2) is 17.7 Å². The van der Waals surface area contributed by atoms with Gasteiger partial charge in [0.25, 0.3) is 0 Å². The Bertz CT molecular complexity index is 645. The summed E-state index contributed by atoms with van der Waals surface area (Å²) in [5.41, 5.74) is 0. The molecule has 2 rings (SSSR count). The predicted molar refractivity (Wildman–Crippen MR) is 88.6 cm³/mol. The first kappa shape index (κ1) is 17.9. The maximum Gasteiger partial charge on any atom is 0.243 e. The maximum absolute atomic E-state index is 12.5. The van der Waals surface area contributed by atoms with Crippen molar-refractivity contribution in [2.75, 3.05) is 19.3 Å². The smallest absolute Gasteiger partial charge is 0.243 e. The molecule has 1 aliphatic rings. The van der Waals surface area contributed by atoms with Gasteiger partial charge in [-0.1, -0.05) is 13.8 Å². The minimum Gasteiger partial charge on any atom is -0.351 e. The van der Waals surface area contributed by atoms with E-state index in [4.69, 9.17) is 0 Å². The SMILES string of the molecule is CC(C)c1nccn1[C@H](C)C(=O)NC1CCN(S(C)(=O)=O)CC1. The van der Waals surface area contributed by atoms with E-state index in [1.165, 1.54) is 10.6 Å². The minimum atomic E-state index is -3.14. The summed E-state index contributed by atoms with van der Waals surface area (Å²) >= 11 is 0. The fraction of sp³-hybridized carbons (Fsp3) is 0.733. The van der Waals surface area contributed by atoms with Crippen molar-refractivity contribution < 1.29 is 13.2 Å². The molecule has 7 nitrogen and oxygen atoms in total. The molecule has 23 heavy (non-hydrogen) atoms. The van der Waals surface area contributed by atoms with Gasteiger partial charge in [0.15, 0.2) is 0 Å². The number of amides is 1. The highest BCUT2D eigenvalue weighted by molar-refractivity contribution is 7.88. The molecule has 130 valence electrons. The molecule has 1 aromatic rings. The highest BCUT2D eigenvalue weighted by Gasteiger charge is 2.27. The van der Waals surface area contributed by atoms with Crippen LogP contribution in [-0.2, 0) is 14.8 Å². The molecule has 8 heteroatoms. The van der Waals surface area contributed by atoms with Crippen LogP contribution in [0.5, 0.6) is 0 Å². The van der Waals surface area contributed by atoms with Crippen LogP contribution in [0.15, 0.2) is 12.4 Å². The number of sulfonamides is 1. The fourth-order valence-corrected chi connectivity index (χ4v) is 3.75. The van der Waals surface area contributed by atoms with Crippen molar-refractivity contribution in [1.29, 1.82) is 0 Å². The molecule has 1 amide bonds. The van der Waals surface area contributed by atoms with Crippen LogP contribution in [0, 0.1) is 0 Å². The first-order chi connectivity index (χ1) is 10.7. The summed E-state index contributed by atoms with van der Waals surface area (Å²) in [6, 6.07) is -0.309. The van der Waals surface area contributed by atoms with Gasteiger partial charge in [-0.3, -0.25) is 4.79 Å². The van der Waals surface area contributed by atoms with Crippen LogP contribution in [-0.4, -0.2) is 53.6 Å². The lowest BCUT2D eigenvalue weighted by Crippen LogP contribution is -2.47. The molecule has 0 aromatic carbocycles. The Balaban J connectivity index is 1.94. The molecule has 1 N–H and O–H groups in total. The van der Waals surface area contributed by atoms with Gasteiger partial charge in [-0.05, 0) is 19.8 Å². The summed E-state index contributed by atoms with van der Waals surface area (Å²) in [6.07, 6.45) is 6.05. The Labute approximate surface area is 138 Å². The summed E-state index contributed by atoms with van der Waals surface area (Å²) in [5, 5.41) is 3.04. The lowest BCUT2D eigenvalue weighted by Gasteiger charge is -2.31. The van der Waals surface area contributed by atoms with Crippen LogP contribution in [0.25, 0.3) is 0 Å². The van der Waals surface area contributed by atoms with E-state index in [9.17, 15) is 13.2 Å². The van der Waals surface area contributed by atoms with Crippen LogP contribution in [0.2, 0.25) is 0 Å². The molecule has 1 aromatic heterocycles. The largest absolute Gasteiger partial charge is 0.351 e. The summed E-state index contributed by atoms with van der Waals surface area (Å²) < 4.78 is 26.4. The van der Waals surface area contributed by atoms with E-state index in [1.807, 2.05) is 31.5 Å². The van der Waals surface area contributed by atoms with Gasteiger partial charge in [0.1, 0.15) is 11.9 Å². The molecule has 1 atom stereocenters. The average Bonchev–Trinajstić information content (AvgIpc) is 2.95. The standard InChI is InChI=1S/C15H26N4O3S/c1-11(2)14-16-7-10-19(14)12(3)15(20)17-13-5-8-18(9-6-13)23(4,21)22/h7,10-13H,5-6,8-9H2,1-4H3,(H,17,20)/t12-/m1/s1. The van der Waals surface area contributed by atoms with Crippen molar-refractivity contribution in [1.82, 2.24) is 19.2 Å². The van der Waals surface area contributed by atoms with Crippen LogP contribution < -0.4 is 5.32 Å². The molecule has 0 bridgehead atoms. The van der Waals surface area contributed by atoms with E-state index in [1.54, 1.807) is 6.20 Å². The Morgan fingerprint density at radius 1 is 1.30 bits per heavy atom. The zero-order chi connectivity index (χ0) is 17.2. The zero-order valence-electron chi connectivity index (χ0n) is 14.2. The van der Waals surface area contributed by atoms with Gasteiger partial charge in [0, 0.05) is 37.4 Å². The third kappa shape index (κ3) is 4.32. The number of nitrogens with zero attached hydrogens (tertiary/aromatic N) is 3. The van der Waals surface area contributed by atoms with Gasteiger partial charge in [-0.2, -0.15) is 0 Å². The number of carbonyl (C=O) groups is 1. The van der Waals surface area contributed by atoms with Gasteiger partial charge in [0.05, 0.1) is 6.26 Å². The fourth-order valence-electron chi connectivity index (χ4n) is 2.88. The van der Waals surface area contributed by atoms with E-state index in [2.05, 4.69) is 10.3 Å². The van der Waals surface area contributed by atoms with Crippen LogP contribution in [0.4, 0.5) is 0 Å². The molecule has 1 saturated heterocycles. The first-order valence-electron chi connectivity index (χ1n) is 7.98. The molecule has 0 radical (unpaired) electrons. The van der Waals surface area contributed by atoms with Crippen molar-refractivity contribution in [2.45, 2.75) is 51.6 Å². The molecule has 0 saturated carbocycles. The van der Waals surface area contributed by atoms with Crippen molar-refractivity contribution in [3.05, 3.63) is 18.2 Å². The molecule has 2 heterocycles. The van der Waals surface area contributed by atoms with E-state index in [0.29, 0.717) is 25.9 Å². The summed E-state index contributed by atoms with van der Waals surface area (Å²) in [5.74, 6) is 1.08. The Morgan fingerprint density at radius 3 is 2.43 bits per heavy atom. The lowest BCUT2D eigenvalue weighted by molar-refractivity contribution is -0.124. The van der Waals surface area contributed by atoms with Crippen molar-refractivity contribution >= 4 is 15.9 Å². The number of nitrogens with one attached hydrogen (secondary N) is 1. The van der Waals surface area contributed by atoms with Gasteiger partial charge < -0.3 is 9.88 Å². The number of imidazole rings is 1. The number of hydrogen-bond acceptors (Lipinski definition) is 4. The van der Waals surface area contributed by atoms with Crippen molar-refractivity contribution in [2.24, 2.45) is 0 Å². The van der Waals surface area contributed by atoms with E-state index < -0.39 is 10.0 Å². The Morgan fingerprint density at radius 2 is 1.91 bits per heavy atom. The van der Waals surface area contributed by atoms with E-state index in [0.717, 1.165) is 5.82 Å². The van der Waals surface area contributed by atoms with Gasteiger partial charge in [0.2, 0.25) is 15.9 Å². The average molecular weight is 342 g/mol. The van der Waals surface area contributed by atoms with Gasteiger partial charge in [-0.15, -0.1) is 0 Å². The first-order valence-corrected chi connectivity index (χ1v) is 9.83. The second-order valence-electron chi connectivity index (χ2n) is 6.47. The highest BCUT2D eigenvalue weighted by atomic mass is 32.2.